The van der Waals surface area contributed by atoms with Crippen LogP contribution < -0.4 is 5.32 Å². The zero-order chi connectivity index (χ0) is 14.7. The molecule has 1 aliphatic rings. The smallest absolute Gasteiger partial charge is 0.130 e. The van der Waals surface area contributed by atoms with Crippen molar-refractivity contribution >= 4 is 0 Å². The third kappa shape index (κ3) is 3.00. The Bertz CT molecular complexity index is 435. The molecule has 20 heavy (non-hydrogen) atoms. The Morgan fingerprint density at radius 2 is 2.00 bits per heavy atom. The highest BCUT2D eigenvalue weighted by atomic mass is 19.1. The van der Waals surface area contributed by atoms with Crippen molar-refractivity contribution in [2.24, 2.45) is 0 Å². The van der Waals surface area contributed by atoms with Crippen LogP contribution in [0.3, 0.4) is 0 Å². The lowest BCUT2D eigenvalue weighted by Crippen LogP contribution is -2.60. The number of hydrogen-bond acceptors (Lipinski definition) is 3. The van der Waals surface area contributed by atoms with Crippen molar-refractivity contribution in [2.75, 3.05) is 13.7 Å². The Balaban J connectivity index is 2.00. The summed E-state index contributed by atoms with van der Waals surface area (Å²) in [6.45, 7) is 4.32. The molecule has 0 aliphatic heterocycles. The second kappa shape index (κ2) is 6.61. The Hall–Kier alpha value is -1.04. The first kappa shape index (κ1) is 15.4. The summed E-state index contributed by atoms with van der Waals surface area (Å²) in [5.41, 5.74) is 0.0715. The molecular weight excluding hydrogens is 264 g/mol. The molecule has 1 fully saturated rings. The first-order valence-electron chi connectivity index (χ1n) is 6.92. The van der Waals surface area contributed by atoms with Gasteiger partial charge in [-0.3, -0.25) is 0 Å². The maximum Gasteiger partial charge on any atom is 0.130 e. The Morgan fingerprint density at radius 1 is 1.35 bits per heavy atom. The average molecular weight is 285 g/mol. The third-order valence-corrected chi connectivity index (χ3v) is 3.80. The van der Waals surface area contributed by atoms with Gasteiger partial charge in [-0.2, -0.15) is 0 Å². The highest BCUT2D eigenvalue weighted by Gasteiger charge is 2.42. The van der Waals surface area contributed by atoms with Crippen molar-refractivity contribution in [1.82, 2.24) is 5.32 Å². The molecule has 1 aromatic rings. The van der Waals surface area contributed by atoms with Gasteiger partial charge >= 0.3 is 0 Å². The predicted octanol–water partition coefficient (Wildman–Crippen LogP) is 2.81. The van der Waals surface area contributed by atoms with Gasteiger partial charge in [0, 0.05) is 31.4 Å². The highest BCUT2D eigenvalue weighted by Crippen LogP contribution is 2.30. The van der Waals surface area contributed by atoms with E-state index in [2.05, 4.69) is 5.32 Å². The van der Waals surface area contributed by atoms with E-state index in [9.17, 15) is 8.78 Å². The van der Waals surface area contributed by atoms with Crippen molar-refractivity contribution in [3.05, 3.63) is 35.4 Å². The van der Waals surface area contributed by atoms with Crippen LogP contribution in [0.1, 0.15) is 31.9 Å². The molecule has 112 valence electrons. The van der Waals surface area contributed by atoms with E-state index in [0.717, 1.165) is 6.42 Å². The molecule has 0 aromatic heterocycles. The minimum Gasteiger partial charge on any atom is -0.377 e. The summed E-state index contributed by atoms with van der Waals surface area (Å²) in [4.78, 5) is 0. The van der Waals surface area contributed by atoms with Crippen LogP contribution in [0, 0.1) is 11.6 Å². The lowest BCUT2D eigenvalue weighted by atomic mass is 9.84. The van der Waals surface area contributed by atoms with E-state index in [4.69, 9.17) is 9.47 Å². The van der Waals surface area contributed by atoms with Gasteiger partial charge in [-0.15, -0.1) is 0 Å². The molecule has 1 aliphatic carbocycles. The van der Waals surface area contributed by atoms with Gasteiger partial charge in [-0.1, -0.05) is 6.07 Å². The summed E-state index contributed by atoms with van der Waals surface area (Å²) < 4.78 is 38.3. The van der Waals surface area contributed by atoms with E-state index in [1.54, 1.807) is 14.0 Å². The van der Waals surface area contributed by atoms with Gasteiger partial charge in [0.15, 0.2) is 0 Å². The Labute approximate surface area is 118 Å². The largest absolute Gasteiger partial charge is 0.377 e. The normalized spacial score (nSPS) is 27.1. The van der Waals surface area contributed by atoms with Crippen LogP contribution in [-0.2, 0) is 9.47 Å². The van der Waals surface area contributed by atoms with Crippen molar-refractivity contribution in [3.63, 3.8) is 0 Å². The highest BCUT2D eigenvalue weighted by molar-refractivity contribution is 5.23. The van der Waals surface area contributed by atoms with Gasteiger partial charge in [0.25, 0.3) is 0 Å². The lowest BCUT2D eigenvalue weighted by molar-refractivity contribution is -0.133. The van der Waals surface area contributed by atoms with Gasteiger partial charge < -0.3 is 14.8 Å². The van der Waals surface area contributed by atoms with Gasteiger partial charge in [0.05, 0.1) is 12.2 Å². The molecule has 0 radical (unpaired) electrons. The minimum absolute atomic E-state index is 0.0468. The van der Waals surface area contributed by atoms with Crippen molar-refractivity contribution < 1.29 is 18.3 Å². The van der Waals surface area contributed by atoms with Crippen LogP contribution in [-0.4, -0.2) is 32.0 Å². The van der Waals surface area contributed by atoms with Crippen LogP contribution in [0.5, 0.6) is 0 Å². The molecule has 3 nitrogen and oxygen atoms in total. The third-order valence-electron chi connectivity index (χ3n) is 3.80. The van der Waals surface area contributed by atoms with Gasteiger partial charge in [0.1, 0.15) is 11.6 Å². The molecule has 1 saturated carbocycles. The van der Waals surface area contributed by atoms with Gasteiger partial charge in [-0.05, 0) is 32.4 Å². The van der Waals surface area contributed by atoms with Crippen LogP contribution in [0.15, 0.2) is 18.2 Å². The zero-order valence-electron chi connectivity index (χ0n) is 12.0. The number of rotatable bonds is 6. The number of hydrogen-bond donors (Lipinski definition) is 1. The minimum atomic E-state index is -0.528. The number of benzene rings is 1. The van der Waals surface area contributed by atoms with Gasteiger partial charge in [0.2, 0.25) is 0 Å². The monoisotopic (exact) mass is 285 g/mol. The first-order chi connectivity index (χ1) is 9.58. The number of ether oxygens (including phenoxy) is 2. The predicted molar refractivity (Wildman–Crippen MR) is 72.5 cm³/mol. The second-order valence-electron chi connectivity index (χ2n) is 5.06. The van der Waals surface area contributed by atoms with E-state index in [1.807, 2.05) is 6.92 Å². The summed E-state index contributed by atoms with van der Waals surface area (Å²) in [6.07, 6.45) is 0.764. The van der Waals surface area contributed by atoms with Crippen LogP contribution >= 0.6 is 0 Å². The zero-order valence-corrected chi connectivity index (χ0v) is 12.0. The number of methoxy groups -OCH3 is 1. The fraction of sp³-hybridized carbons (Fsp3) is 0.600. The SMILES string of the molecule is CCOC1CC(NC(C)c2c(F)cccc2F)C1OC. The molecule has 2 rings (SSSR count). The van der Waals surface area contributed by atoms with Crippen LogP contribution in [0.2, 0.25) is 0 Å². The van der Waals surface area contributed by atoms with Crippen LogP contribution in [0.4, 0.5) is 8.78 Å². The molecule has 0 spiro atoms. The summed E-state index contributed by atoms with van der Waals surface area (Å²) in [7, 11) is 1.62. The maximum atomic E-state index is 13.7. The summed E-state index contributed by atoms with van der Waals surface area (Å²) in [6, 6.07) is 3.54. The Morgan fingerprint density at radius 3 is 2.55 bits per heavy atom. The average Bonchev–Trinajstić information content (AvgIpc) is 2.37. The van der Waals surface area contributed by atoms with Crippen LogP contribution in [0.25, 0.3) is 0 Å². The maximum absolute atomic E-state index is 13.7. The van der Waals surface area contributed by atoms with Crippen molar-refractivity contribution in [2.45, 2.75) is 44.6 Å². The molecule has 0 heterocycles. The van der Waals surface area contributed by atoms with E-state index >= 15 is 0 Å². The van der Waals surface area contributed by atoms with E-state index in [0.29, 0.717) is 6.61 Å². The van der Waals surface area contributed by atoms with E-state index < -0.39 is 17.7 Å². The molecule has 4 atom stereocenters. The van der Waals surface area contributed by atoms with Crippen molar-refractivity contribution in [3.8, 4) is 0 Å². The fourth-order valence-electron chi connectivity index (χ4n) is 2.77. The molecule has 1 aromatic carbocycles. The topological polar surface area (TPSA) is 30.5 Å². The quantitative estimate of drug-likeness (QED) is 0.872. The van der Waals surface area contributed by atoms with Crippen molar-refractivity contribution in [1.29, 1.82) is 0 Å². The fourth-order valence-corrected chi connectivity index (χ4v) is 2.77. The summed E-state index contributed by atoms with van der Waals surface area (Å²) >= 11 is 0. The van der Waals surface area contributed by atoms with E-state index in [1.165, 1.54) is 18.2 Å². The van der Waals surface area contributed by atoms with E-state index in [-0.39, 0.29) is 23.8 Å². The molecule has 0 bridgehead atoms. The first-order valence-corrected chi connectivity index (χ1v) is 6.92. The standard InChI is InChI=1S/C15H21F2NO2/c1-4-20-13-8-12(15(13)19-3)18-9(2)14-10(16)6-5-7-11(14)17/h5-7,9,12-13,15,18H,4,8H2,1-3H3. The number of nitrogens with one attached hydrogen (secondary N) is 1. The summed E-state index contributed by atoms with van der Waals surface area (Å²) in [5, 5.41) is 3.22. The number of halogens is 2. The van der Waals surface area contributed by atoms with Gasteiger partial charge in [-0.25, -0.2) is 8.78 Å². The molecule has 1 N–H and O–H groups in total. The molecule has 4 unspecified atom stereocenters. The molecule has 5 heteroatoms. The Kier molecular flexibility index (Phi) is 5.07. The lowest BCUT2D eigenvalue weighted by Gasteiger charge is -2.44. The molecule has 0 saturated heterocycles. The molecule has 0 amide bonds. The second-order valence-corrected chi connectivity index (χ2v) is 5.06. The summed E-state index contributed by atoms with van der Waals surface area (Å²) in [5.74, 6) is -1.06. The molecular formula is C15H21F2NO2.